The summed E-state index contributed by atoms with van der Waals surface area (Å²) in [5.74, 6) is -0.792. The molecule has 0 spiro atoms. The van der Waals surface area contributed by atoms with E-state index in [0.717, 1.165) is 29.4 Å². The highest BCUT2D eigenvalue weighted by Gasteiger charge is 2.34. The molecule has 0 saturated heterocycles. The molecule has 1 aliphatic rings. The lowest BCUT2D eigenvalue weighted by Crippen LogP contribution is -2.06. The number of hydrogen-bond acceptors (Lipinski definition) is 4. The van der Waals surface area contributed by atoms with E-state index in [1.807, 2.05) is 30.3 Å². The van der Waals surface area contributed by atoms with E-state index < -0.39 is 5.97 Å². The summed E-state index contributed by atoms with van der Waals surface area (Å²) in [6.07, 6.45) is 3.70. The molecule has 1 N–H and O–H groups in total. The first kappa shape index (κ1) is 12.0. The average Bonchev–Trinajstić information content (AvgIpc) is 3.25. The number of rotatable bonds is 3. The molecule has 0 amide bonds. The lowest BCUT2D eigenvalue weighted by atomic mass is 10.1. The van der Waals surface area contributed by atoms with Crippen molar-refractivity contribution >= 4 is 16.9 Å². The first-order valence-electron chi connectivity index (χ1n) is 6.78. The first-order chi connectivity index (χ1) is 10.3. The molecule has 2 heterocycles. The molecule has 0 unspecified atom stereocenters. The van der Waals surface area contributed by atoms with Gasteiger partial charge in [-0.2, -0.15) is 0 Å². The van der Waals surface area contributed by atoms with Crippen LogP contribution in [0.25, 0.3) is 16.6 Å². The Kier molecular flexibility index (Phi) is 2.50. The third-order valence-electron chi connectivity index (χ3n) is 3.72. The minimum atomic E-state index is -1.03. The molecule has 1 aliphatic carbocycles. The number of aromatic carboxylic acids is 1. The molecule has 0 aliphatic heterocycles. The van der Waals surface area contributed by atoms with Gasteiger partial charge in [0.2, 0.25) is 0 Å². The van der Waals surface area contributed by atoms with Gasteiger partial charge in [0.15, 0.2) is 5.69 Å². The van der Waals surface area contributed by atoms with Gasteiger partial charge in [-0.25, -0.2) is 9.48 Å². The van der Waals surface area contributed by atoms with Gasteiger partial charge in [-0.3, -0.25) is 4.98 Å². The van der Waals surface area contributed by atoms with E-state index in [0.29, 0.717) is 5.69 Å². The van der Waals surface area contributed by atoms with E-state index in [4.69, 9.17) is 0 Å². The standard InChI is InChI=1S/C15H12N4O2/c20-15(21)13-14(9-6-7-9)19(18-17-13)12-5-1-4-11-10(12)3-2-8-16-11/h1-5,8-9H,6-7H2,(H,20,21). The summed E-state index contributed by atoms with van der Waals surface area (Å²) < 4.78 is 1.66. The third kappa shape index (κ3) is 1.87. The van der Waals surface area contributed by atoms with Gasteiger partial charge >= 0.3 is 5.97 Å². The molecular formula is C15H12N4O2. The van der Waals surface area contributed by atoms with Gasteiger partial charge in [-0.05, 0) is 37.1 Å². The van der Waals surface area contributed by atoms with Gasteiger partial charge in [-0.15, -0.1) is 5.10 Å². The topological polar surface area (TPSA) is 80.9 Å². The minimum Gasteiger partial charge on any atom is -0.476 e. The Morgan fingerprint density at radius 3 is 2.86 bits per heavy atom. The van der Waals surface area contributed by atoms with Gasteiger partial charge in [0.05, 0.1) is 16.9 Å². The molecule has 0 atom stereocenters. The second-order valence-corrected chi connectivity index (χ2v) is 5.16. The van der Waals surface area contributed by atoms with Gasteiger partial charge < -0.3 is 5.11 Å². The fourth-order valence-corrected chi connectivity index (χ4v) is 2.61. The van der Waals surface area contributed by atoms with E-state index >= 15 is 0 Å². The molecule has 2 aromatic heterocycles. The van der Waals surface area contributed by atoms with Crippen molar-refractivity contribution in [2.75, 3.05) is 0 Å². The predicted octanol–water partition coefficient (Wildman–Crippen LogP) is 2.39. The number of carbonyl (C=O) groups is 1. The molecule has 4 rings (SSSR count). The summed E-state index contributed by atoms with van der Waals surface area (Å²) in [5, 5.41) is 18.2. The Labute approximate surface area is 120 Å². The molecule has 1 saturated carbocycles. The normalized spacial score (nSPS) is 14.5. The van der Waals surface area contributed by atoms with Crippen LogP contribution >= 0.6 is 0 Å². The number of fused-ring (bicyclic) bond motifs is 1. The maximum Gasteiger partial charge on any atom is 0.358 e. The van der Waals surface area contributed by atoms with Crippen molar-refractivity contribution in [3.8, 4) is 5.69 Å². The number of carboxylic acids is 1. The molecular weight excluding hydrogens is 268 g/mol. The molecule has 6 heteroatoms. The second kappa shape index (κ2) is 4.37. The van der Waals surface area contributed by atoms with Crippen molar-refractivity contribution in [2.24, 2.45) is 0 Å². The molecule has 0 bridgehead atoms. The molecule has 0 radical (unpaired) electrons. The van der Waals surface area contributed by atoms with Gasteiger partial charge in [0.1, 0.15) is 0 Å². The Morgan fingerprint density at radius 1 is 1.24 bits per heavy atom. The highest BCUT2D eigenvalue weighted by Crippen LogP contribution is 2.42. The van der Waals surface area contributed by atoms with E-state index in [9.17, 15) is 9.90 Å². The van der Waals surface area contributed by atoms with E-state index in [1.165, 1.54) is 0 Å². The zero-order valence-corrected chi connectivity index (χ0v) is 11.1. The maximum atomic E-state index is 11.3. The zero-order valence-electron chi connectivity index (χ0n) is 11.1. The molecule has 1 fully saturated rings. The number of nitrogens with zero attached hydrogens (tertiary/aromatic N) is 4. The van der Waals surface area contributed by atoms with Gasteiger partial charge in [0.25, 0.3) is 0 Å². The van der Waals surface area contributed by atoms with Crippen molar-refractivity contribution in [1.29, 1.82) is 0 Å². The minimum absolute atomic E-state index is 0.0541. The lowest BCUT2D eigenvalue weighted by Gasteiger charge is -2.08. The molecule has 104 valence electrons. The van der Waals surface area contributed by atoms with E-state index in [2.05, 4.69) is 15.3 Å². The van der Waals surface area contributed by atoms with Crippen molar-refractivity contribution < 1.29 is 9.90 Å². The van der Waals surface area contributed by atoms with Gasteiger partial charge in [0, 0.05) is 17.5 Å². The van der Waals surface area contributed by atoms with Crippen molar-refractivity contribution in [1.82, 2.24) is 20.0 Å². The summed E-state index contributed by atoms with van der Waals surface area (Å²) >= 11 is 0. The van der Waals surface area contributed by atoms with Crippen molar-refractivity contribution in [3.05, 3.63) is 47.9 Å². The quantitative estimate of drug-likeness (QED) is 0.796. The Morgan fingerprint density at radius 2 is 2.10 bits per heavy atom. The number of benzene rings is 1. The van der Waals surface area contributed by atoms with Crippen molar-refractivity contribution in [3.63, 3.8) is 0 Å². The Bertz CT molecular complexity index is 847. The fourth-order valence-electron chi connectivity index (χ4n) is 2.61. The SMILES string of the molecule is O=C(O)c1nnn(-c2cccc3ncccc23)c1C1CC1. The van der Waals surface area contributed by atoms with Crippen LogP contribution in [0.15, 0.2) is 36.5 Å². The highest BCUT2D eigenvalue weighted by atomic mass is 16.4. The first-order valence-corrected chi connectivity index (χ1v) is 6.78. The van der Waals surface area contributed by atoms with Crippen LogP contribution in [0.2, 0.25) is 0 Å². The second-order valence-electron chi connectivity index (χ2n) is 5.16. The number of carboxylic acid groups (broad SMARTS) is 1. The summed E-state index contributed by atoms with van der Waals surface area (Å²) in [7, 11) is 0. The van der Waals surface area contributed by atoms with Crippen LogP contribution in [0.3, 0.4) is 0 Å². The van der Waals surface area contributed by atoms with Crippen LogP contribution in [0.4, 0.5) is 0 Å². The van der Waals surface area contributed by atoms with Crippen LogP contribution in [-0.4, -0.2) is 31.1 Å². The molecule has 6 nitrogen and oxygen atoms in total. The number of aromatic nitrogens is 4. The van der Waals surface area contributed by atoms with Crippen LogP contribution in [0, 0.1) is 0 Å². The summed E-state index contributed by atoms with van der Waals surface area (Å²) in [6, 6.07) is 9.54. The van der Waals surface area contributed by atoms with Crippen LogP contribution < -0.4 is 0 Å². The number of pyridine rings is 1. The Hall–Kier alpha value is -2.76. The monoisotopic (exact) mass is 280 g/mol. The summed E-state index contributed by atoms with van der Waals surface area (Å²) in [4.78, 5) is 15.7. The maximum absolute atomic E-state index is 11.3. The Balaban J connectivity index is 1.99. The van der Waals surface area contributed by atoms with E-state index in [-0.39, 0.29) is 11.6 Å². The zero-order chi connectivity index (χ0) is 14.4. The van der Waals surface area contributed by atoms with Crippen LogP contribution in [0.5, 0.6) is 0 Å². The van der Waals surface area contributed by atoms with Crippen LogP contribution in [-0.2, 0) is 0 Å². The van der Waals surface area contributed by atoms with E-state index in [1.54, 1.807) is 10.9 Å². The fraction of sp³-hybridized carbons (Fsp3) is 0.200. The lowest BCUT2D eigenvalue weighted by molar-refractivity contribution is 0.0689. The smallest absolute Gasteiger partial charge is 0.358 e. The van der Waals surface area contributed by atoms with Crippen LogP contribution in [0.1, 0.15) is 34.9 Å². The third-order valence-corrected chi connectivity index (χ3v) is 3.72. The predicted molar refractivity (Wildman–Crippen MR) is 75.6 cm³/mol. The molecule has 21 heavy (non-hydrogen) atoms. The molecule has 3 aromatic rings. The average molecular weight is 280 g/mol. The highest BCUT2D eigenvalue weighted by molar-refractivity contribution is 5.89. The summed E-state index contributed by atoms with van der Waals surface area (Å²) in [6.45, 7) is 0. The van der Waals surface area contributed by atoms with Crippen molar-refractivity contribution in [2.45, 2.75) is 18.8 Å². The van der Waals surface area contributed by atoms with Gasteiger partial charge in [-0.1, -0.05) is 11.3 Å². The summed E-state index contributed by atoms with van der Waals surface area (Å²) in [5.41, 5.74) is 2.42. The largest absolute Gasteiger partial charge is 0.476 e. The molecule has 1 aromatic carbocycles. The number of hydrogen-bond donors (Lipinski definition) is 1.